The molecule has 110 valence electrons. The first-order chi connectivity index (χ1) is 8.97. The Balaban J connectivity index is 2.45. The van der Waals surface area contributed by atoms with Crippen molar-refractivity contribution in [2.24, 2.45) is 5.41 Å². The number of nitrogens with one attached hydrogen (secondary N) is 1. The van der Waals surface area contributed by atoms with Gasteiger partial charge in [-0.1, -0.05) is 12.8 Å². The second kappa shape index (κ2) is 7.78. The quantitative estimate of drug-likeness (QED) is 0.720. The zero-order valence-corrected chi connectivity index (χ0v) is 12.7. The zero-order valence-electron chi connectivity index (χ0n) is 11.9. The summed E-state index contributed by atoms with van der Waals surface area (Å²) >= 11 is 1.77. The van der Waals surface area contributed by atoms with Crippen molar-refractivity contribution in [2.45, 2.75) is 57.9 Å². The largest absolute Gasteiger partial charge is 0.481 e. The molecule has 0 aromatic rings. The number of thioether (sulfide) groups is 1. The van der Waals surface area contributed by atoms with E-state index in [-0.39, 0.29) is 23.8 Å². The van der Waals surface area contributed by atoms with Crippen LogP contribution in [0.4, 0.5) is 0 Å². The predicted octanol–water partition coefficient (Wildman–Crippen LogP) is 2.67. The molecule has 0 radical (unpaired) electrons. The SMILES string of the molecule is CSCCC(C)NC(=O)CC1(CC(=O)O)CCCC1. The van der Waals surface area contributed by atoms with Crippen LogP contribution in [0.25, 0.3) is 0 Å². The van der Waals surface area contributed by atoms with Crippen LogP contribution in [0.2, 0.25) is 0 Å². The lowest BCUT2D eigenvalue weighted by molar-refractivity contribution is -0.140. The highest BCUT2D eigenvalue weighted by Crippen LogP contribution is 2.44. The first kappa shape index (κ1) is 16.3. The van der Waals surface area contributed by atoms with E-state index in [1.165, 1.54) is 0 Å². The molecule has 0 aromatic carbocycles. The van der Waals surface area contributed by atoms with Gasteiger partial charge >= 0.3 is 5.97 Å². The Morgan fingerprint density at radius 1 is 1.32 bits per heavy atom. The predicted molar refractivity (Wildman–Crippen MR) is 78.4 cm³/mol. The fourth-order valence-electron chi connectivity index (χ4n) is 2.90. The molecule has 0 bridgehead atoms. The van der Waals surface area contributed by atoms with E-state index in [0.717, 1.165) is 37.9 Å². The van der Waals surface area contributed by atoms with Crippen molar-refractivity contribution >= 4 is 23.6 Å². The number of carboxylic acids is 1. The van der Waals surface area contributed by atoms with Crippen molar-refractivity contribution in [3.63, 3.8) is 0 Å². The molecular formula is C14H25NO3S. The van der Waals surface area contributed by atoms with Gasteiger partial charge in [0.05, 0.1) is 6.42 Å². The summed E-state index contributed by atoms with van der Waals surface area (Å²) in [7, 11) is 0. The molecule has 1 amide bonds. The van der Waals surface area contributed by atoms with E-state index in [0.29, 0.717) is 6.42 Å². The molecule has 0 aromatic heterocycles. The average molecular weight is 287 g/mol. The molecule has 1 rings (SSSR count). The van der Waals surface area contributed by atoms with Crippen molar-refractivity contribution in [1.82, 2.24) is 5.32 Å². The summed E-state index contributed by atoms with van der Waals surface area (Å²) in [6, 6.07) is 0.170. The topological polar surface area (TPSA) is 66.4 Å². The van der Waals surface area contributed by atoms with Crippen molar-refractivity contribution in [3.05, 3.63) is 0 Å². The van der Waals surface area contributed by atoms with E-state index in [2.05, 4.69) is 11.6 Å². The van der Waals surface area contributed by atoms with Crippen LogP contribution in [-0.4, -0.2) is 35.0 Å². The number of carbonyl (C=O) groups is 2. The smallest absolute Gasteiger partial charge is 0.303 e. The Hall–Kier alpha value is -0.710. The number of carbonyl (C=O) groups excluding carboxylic acids is 1. The van der Waals surface area contributed by atoms with E-state index in [4.69, 9.17) is 5.11 Å². The highest BCUT2D eigenvalue weighted by atomic mass is 32.2. The van der Waals surface area contributed by atoms with Crippen molar-refractivity contribution in [1.29, 1.82) is 0 Å². The third-order valence-electron chi connectivity index (χ3n) is 3.89. The molecule has 1 fully saturated rings. The summed E-state index contributed by atoms with van der Waals surface area (Å²) in [6.45, 7) is 2.01. The zero-order chi connectivity index (χ0) is 14.3. The maximum Gasteiger partial charge on any atom is 0.303 e. The number of hydrogen-bond acceptors (Lipinski definition) is 3. The van der Waals surface area contributed by atoms with Crippen LogP contribution in [-0.2, 0) is 9.59 Å². The summed E-state index contributed by atoms with van der Waals surface area (Å²) in [5.74, 6) is 0.253. The number of rotatable bonds is 8. The second-order valence-corrected chi connectivity index (χ2v) is 6.69. The van der Waals surface area contributed by atoms with Gasteiger partial charge in [-0.2, -0.15) is 11.8 Å². The summed E-state index contributed by atoms with van der Waals surface area (Å²) in [5, 5.41) is 12.0. The van der Waals surface area contributed by atoms with Crippen LogP contribution in [0.5, 0.6) is 0 Å². The second-order valence-electron chi connectivity index (χ2n) is 5.70. The molecule has 1 atom stereocenters. The standard InChI is InChI=1S/C14H25NO3S/c1-11(5-8-19-2)15-12(16)9-14(10-13(17)18)6-3-4-7-14/h11H,3-10H2,1-2H3,(H,15,16)(H,17,18). The minimum absolute atomic E-state index is 0.0109. The summed E-state index contributed by atoms with van der Waals surface area (Å²) < 4.78 is 0. The van der Waals surface area contributed by atoms with Crippen LogP contribution >= 0.6 is 11.8 Å². The molecule has 0 saturated heterocycles. The Morgan fingerprint density at radius 2 is 1.95 bits per heavy atom. The van der Waals surface area contributed by atoms with Gasteiger partial charge in [0.1, 0.15) is 0 Å². The van der Waals surface area contributed by atoms with Gasteiger partial charge in [0, 0.05) is 12.5 Å². The Labute approximate surface area is 119 Å². The molecule has 1 unspecified atom stereocenters. The molecule has 4 nitrogen and oxygen atoms in total. The van der Waals surface area contributed by atoms with Crippen LogP contribution in [0.15, 0.2) is 0 Å². The lowest BCUT2D eigenvalue weighted by atomic mass is 9.79. The van der Waals surface area contributed by atoms with E-state index in [9.17, 15) is 9.59 Å². The van der Waals surface area contributed by atoms with E-state index in [1.54, 1.807) is 11.8 Å². The molecule has 1 aliphatic carbocycles. The van der Waals surface area contributed by atoms with Gasteiger partial charge in [0.2, 0.25) is 5.91 Å². The lowest BCUT2D eigenvalue weighted by Gasteiger charge is -2.27. The van der Waals surface area contributed by atoms with Crippen LogP contribution < -0.4 is 5.32 Å². The van der Waals surface area contributed by atoms with E-state index in [1.807, 2.05) is 6.92 Å². The molecular weight excluding hydrogens is 262 g/mol. The number of carboxylic acid groups (broad SMARTS) is 1. The Morgan fingerprint density at radius 3 is 2.47 bits per heavy atom. The Kier molecular flexibility index (Phi) is 6.69. The monoisotopic (exact) mass is 287 g/mol. The minimum atomic E-state index is -0.787. The van der Waals surface area contributed by atoms with Crippen LogP contribution in [0.3, 0.4) is 0 Å². The molecule has 0 aliphatic heterocycles. The number of hydrogen-bond donors (Lipinski definition) is 2. The van der Waals surface area contributed by atoms with E-state index >= 15 is 0 Å². The highest BCUT2D eigenvalue weighted by molar-refractivity contribution is 7.98. The van der Waals surface area contributed by atoms with Gasteiger partial charge in [0.25, 0.3) is 0 Å². The fraction of sp³-hybridized carbons (Fsp3) is 0.857. The van der Waals surface area contributed by atoms with Gasteiger partial charge in [-0.3, -0.25) is 9.59 Å². The summed E-state index contributed by atoms with van der Waals surface area (Å²) in [4.78, 5) is 23.0. The van der Waals surface area contributed by atoms with Crippen molar-refractivity contribution in [2.75, 3.05) is 12.0 Å². The summed E-state index contributed by atoms with van der Waals surface area (Å²) in [5.41, 5.74) is -0.296. The maximum atomic E-state index is 12.0. The first-order valence-electron chi connectivity index (χ1n) is 6.97. The summed E-state index contributed by atoms with van der Waals surface area (Å²) in [6.07, 6.45) is 7.32. The molecule has 19 heavy (non-hydrogen) atoms. The van der Waals surface area contributed by atoms with Gasteiger partial charge in [-0.15, -0.1) is 0 Å². The van der Waals surface area contributed by atoms with E-state index < -0.39 is 5.97 Å². The molecule has 0 heterocycles. The third-order valence-corrected chi connectivity index (χ3v) is 4.53. The average Bonchev–Trinajstić information content (AvgIpc) is 2.73. The van der Waals surface area contributed by atoms with Gasteiger partial charge < -0.3 is 10.4 Å². The molecule has 5 heteroatoms. The number of amides is 1. The Bertz CT molecular complexity index is 314. The lowest BCUT2D eigenvalue weighted by Crippen LogP contribution is -2.37. The minimum Gasteiger partial charge on any atom is -0.481 e. The maximum absolute atomic E-state index is 12.0. The molecule has 1 saturated carbocycles. The normalized spacial score (nSPS) is 19.1. The van der Waals surface area contributed by atoms with Gasteiger partial charge in [-0.05, 0) is 43.6 Å². The first-order valence-corrected chi connectivity index (χ1v) is 8.37. The number of aliphatic carboxylic acids is 1. The third kappa shape index (κ3) is 5.85. The van der Waals surface area contributed by atoms with Gasteiger partial charge in [0.15, 0.2) is 0 Å². The van der Waals surface area contributed by atoms with Crippen LogP contribution in [0.1, 0.15) is 51.9 Å². The van der Waals surface area contributed by atoms with Gasteiger partial charge in [-0.25, -0.2) is 0 Å². The molecule has 1 aliphatic rings. The highest BCUT2D eigenvalue weighted by Gasteiger charge is 2.38. The molecule has 2 N–H and O–H groups in total. The van der Waals surface area contributed by atoms with Crippen LogP contribution in [0, 0.1) is 5.41 Å². The fourth-order valence-corrected chi connectivity index (χ4v) is 3.48. The van der Waals surface area contributed by atoms with Crippen molar-refractivity contribution < 1.29 is 14.7 Å². The molecule has 0 spiro atoms. The van der Waals surface area contributed by atoms with Crippen molar-refractivity contribution in [3.8, 4) is 0 Å².